The van der Waals surface area contributed by atoms with Gasteiger partial charge in [0.15, 0.2) is 11.5 Å². The molecule has 3 rings (SSSR count). The fraction of sp³-hybridized carbons (Fsp3) is 0.500. The molecule has 1 aromatic rings. The van der Waals surface area contributed by atoms with Gasteiger partial charge in [0.05, 0.1) is 24.0 Å². The molecule has 7 nitrogen and oxygen atoms in total. The van der Waals surface area contributed by atoms with E-state index in [9.17, 15) is 5.11 Å². The Morgan fingerprint density at radius 3 is 2.23 bits per heavy atom. The smallest absolute Gasteiger partial charge is 0.205 e. The zero-order valence-electron chi connectivity index (χ0n) is 18.4. The first-order valence-electron chi connectivity index (χ1n) is 10.4. The molecule has 162 valence electrons. The monoisotopic (exact) mass is 474 g/mol. The van der Waals surface area contributed by atoms with E-state index in [1.807, 2.05) is 24.3 Å². The lowest BCUT2D eigenvalue weighted by atomic mass is 10.0. The average molecular weight is 475 g/mol. The molecule has 1 unspecified atom stereocenters. The summed E-state index contributed by atoms with van der Waals surface area (Å²) in [5.74, 6) is 1.80. The summed E-state index contributed by atoms with van der Waals surface area (Å²) < 4.78 is 3.15. The second-order valence-electron chi connectivity index (χ2n) is 8.49. The standard InChI is InChI=1S/C22H31BrN6O/c1-12(2)17(11-30)25-22-26-21(24-16-9-7-15(23)8-10-16)19-20(29(22)14(5)6)18(13(3)4)27-28-19/h7-10,12-14,17,24,30H,11H2,1-6H3,(H,25,26). The van der Waals surface area contributed by atoms with E-state index in [1.165, 1.54) is 0 Å². The molecule has 0 amide bonds. The van der Waals surface area contributed by atoms with Gasteiger partial charge in [-0.05, 0) is 49.9 Å². The summed E-state index contributed by atoms with van der Waals surface area (Å²) in [6.07, 6.45) is 0. The molecule has 2 heterocycles. The molecule has 0 aromatic heterocycles. The normalized spacial score (nSPS) is 12.9. The lowest BCUT2D eigenvalue weighted by Crippen LogP contribution is -2.32. The quantitative estimate of drug-likeness (QED) is 0.404. The topological polar surface area (TPSA) is 87.9 Å². The van der Waals surface area contributed by atoms with E-state index in [0.29, 0.717) is 11.8 Å². The van der Waals surface area contributed by atoms with Crippen molar-refractivity contribution in [3.63, 3.8) is 0 Å². The Kier molecular flexibility index (Phi) is 6.98. The van der Waals surface area contributed by atoms with Crippen molar-refractivity contribution in [2.45, 2.75) is 59.5 Å². The van der Waals surface area contributed by atoms with Crippen molar-refractivity contribution < 1.29 is 5.11 Å². The minimum atomic E-state index is -0.112. The number of aliphatic hydroxyl groups excluding tert-OH is 1. The molecule has 0 saturated heterocycles. The molecule has 0 fully saturated rings. The molecule has 3 N–H and O–H groups in total. The van der Waals surface area contributed by atoms with Crippen molar-refractivity contribution in [1.29, 1.82) is 0 Å². The molecule has 0 aliphatic carbocycles. The summed E-state index contributed by atoms with van der Waals surface area (Å²) in [6, 6.07) is 7.95. The van der Waals surface area contributed by atoms with E-state index in [1.54, 1.807) is 0 Å². The van der Waals surface area contributed by atoms with Crippen LogP contribution in [0.3, 0.4) is 0 Å². The van der Waals surface area contributed by atoms with E-state index >= 15 is 0 Å². The molecule has 1 aromatic carbocycles. The van der Waals surface area contributed by atoms with Gasteiger partial charge in [-0.1, -0.05) is 43.6 Å². The van der Waals surface area contributed by atoms with Crippen LogP contribution in [-0.4, -0.2) is 37.5 Å². The molecule has 0 saturated carbocycles. The van der Waals surface area contributed by atoms with Gasteiger partial charge in [0.25, 0.3) is 0 Å². The predicted molar refractivity (Wildman–Crippen MR) is 126 cm³/mol. The van der Waals surface area contributed by atoms with Crippen LogP contribution in [-0.2, 0) is 0 Å². The highest BCUT2D eigenvalue weighted by atomic mass is 79.9. The molecule has 0 bridgehead atoms. The zero-order chi connectivity index (χ0) is 22.0. The molecule has 8 heteroatoms. The lowest BCUT2D eigenvalue weighted by Gasteiger charge is -2.28. The van der Waals surface area contributed by atoms with Crippen molar-refractivity contribution in [1.82, 2.24) is 19.7 Å². The van der Waals surface area contributed by atoms with Crippen molar-refractivity contribution in [2.75, 3.05) is 17.2 Å². The first-order chi connectivity index (χ1) is 14.2. The van der Waals surface area contributed by atoms with Crippen molar-refractivity contribution in [2.24, 2.45) is 5.92 Å². The van der Waals surface area contributed by atoms with E-state index < -0.39 is 0 Å². The van der Waals surface area contributed by atoms with Gasteiger partial charge in [-0.25, -0.2) is 0 Å². The summed E-state index contributed by atoms with van der Waals surface area (Å²) in [5, 5.41) is 25.7. The number of halogens is 1. The largest absolute Gasteiger partial charge is 0.394 e. The Morgan fingerprint density at radius 1 is 1.03 bits per heavy atom. The number of hydrogen-bond acceptors (Lipinski definition) is 6. The number of aromatic nitrogens is 4. The number of hydrogen-bond donors (Lipinski definition) is 3. The van der Waals surface area contributed by atoms with Gasteiger partial charge in [-0.15, -0.1) is 5.10 Å². The van der Waals surface area contributed by atoms with E-state index in [-0.39, 0.29) is 30.5 Å². The van der Waals surface area contributed by atoms with Crippen LogP contribution >= 0.6 is 15.9 Å². The highest BCUT2D eigenvalue weighted by Gasteiger charge is 2.29. The third kappa shape index (κ3) is 4.59. The number of anilines is 3. The van der Waals surface area contributed by atoms with Crippen LogP contribution in [0, 0.1) is 5.92 Å². The van der Waals surface area contributed by atoms with Gasteiger partial charge >= 0.3 is 0 Å². The summed E-state index contributed by atoms with van der Waals surface area (Å²) >= 11 is 3.47. The van der Waals surface area contributed by atoms with Crippen LogP contribution < -0.4 is 10.6 Å². The number of rotatable bonds is 8. The van der Waals surface area contributed by atoms with Crippen molar-refractivity contribution in [3.05, 3.63) is 34.4 Å². The Bertz CT molecular complexity index is 951. The predicted octanol–water partition coefficient (Wildman–Crippen LogP) is 5.42. The number of fused-ring (bicyclic) bond motifs is 1. The second kappa shape index (κ2) is 9.31. The first kappa shape index (κ1) is 22.5. The Hall–Kier alpha value is -2.19. The summed E-state index contributed by atoms with van der Waals surface area (Å²) in [5.41, 5.74) is 3.56. The third-order valence-electron chi connectivity index (χ3n) is 5.12. The number of benzene rings is 1. The van der Waals surface area contributed by atoms with Gasteiger partial charge < -0.3 is 20.3 Å². The van der Waals surface area contributed by atoms with Gasteiger partial charge in [-0.2, -0.15) is 10.1 Å². The van der Waals surface area contributed by atoms with E-state index in [2.05, 4.69) is 82.9 Å². The zero-order valence-corrected chi connectivity index (χ0v) is 20.0. The van der Waals surface area contributed by atoms with Gasteiger partial charge in [0.1, 0.15) is 0 Å². The number of nitrogens with zero attached hydrogens (tertiary/aromatic N) is 4. The maximum Gasteiger partial charge on any atom is 0.205 e. The molecule has 0 spiro atoms. The fourth-order valence-corrected chi connectivity index (χ4v) is 3.64. The minimum Gasteiger partial charge on any atom is -0.394 e. The van der Waals surface area contributed by atoms with Gasteiger partial charge in [-0.3, -0.25) is 0 Å². The first-order valence-corrected chi connectivity index (χ1v) is 11.2. The Balaban J connectivity index is 2.19. The van der Waals surface area contributed by atoms with Gasteiger partial charge in [0.2, 0.25) is 5.95 Å². The Morgan fingerprint density at radius 2 is 1.70 bits per heavy atom. The van der Waals surface area contributed by atoms with Crippen LogP contribution in [0.5, 0.6) is 0 Å². The molecular formula is C22H31BrN6O. The average Bonchev–Trinajstić information content (AvgIpc) is 3.12. The van der Waals surface area contributed by atoms with Crippen molar-refractivity contribution >= 4 is 33.4 Å². The van der Waals surface area contributed by atoms with E-state index in [0.717, 1.165) is 27.2 Å². The van der Waals surface area contributed by atoms with Crippen LogP contribution in [0.15, 0.2) is 28.7 Å². The molecule has 2 aliphatic rings. The molecule has 0 radical (unpaired) electrons. The number of nitrogens with one attached hydrogen (secondary N) is 2. The maximum atomic E-state index is 9.89. The summed E-state index contributed by atoms with van der Waals surface area (Å²) in [4.78, 5) is 4.90. The van der Waals surface area contributed by atoms with Crippen LogP contribution in [0.25, 0.3) is 11.4 Å². The van der Waals surface area contributed by atoms with Crippen LogP contribution in [0.2, 0.25) is 0 Å². The van der Waals surface area contributed by atoms with Crippen molar-refractivity contribution in [3.8, 4) is 11.4 Å². The minimum absolute atomic E-state index is 0.0273. The van der Waals surface area contributed by atoms with Gasteiger partial charge in [0, 0.05) is 16.2 Å². The fourth-order valence-electron chi connectivity index (χ4n) is 3.38. The SMILES string of the molecule is CC(C)c1nnc2c(Nc3ccc(Br)cc3)nc(NC(CO)C(C)C)n(C(C)C)c1-2. The van der Waals surface area contributed by atoms with Crippen LogP contribution in [0.1, 0.15) is 59.2 Å². The highest BCUT2D eigenvalue weighted by Crippen LogP contribution is 2.38. The number of aliphatic hydroxyl groups is 1. The summed E-state index contributed by atoms with van der Waals surface area (Å²) in [6.45, 7) is 12.7. The van der Waals surface area contributed by atoms with E-state index in [4.69, 9.17) is 4.98 Å². The third-order valence-corrected chi connectivity index (χ3v) is 5.65. The lowest BCUT2D eigenvalue weighted by molar-refractivity contribution is 0.248. The molecule has 1 atom stereocenters. The second-order valence-corrected chi connectivity index (χ2v) is 9.41. The molecular weight excluding hydrogens is 444 g/mol. The summed E-state index contributed by atoms with van der Waals surface area (Å²) in [7, 11) is 0. The molecule has 2 aliphatic heterocycles. The Labute approximate surface area is 186 Å². The van der Waals surface area contributed by atoms with Crippen LogP contribution in [0.4, 0.5) is 17.5 Å². The highest BCUT2D eigenvalue weighted by molar-refractivity contribution is 9.10. The molecule has 30 heavy (non-hydrogen) atoms. The maximum absolute atomic E-state index is 9.89.